The highest BCUT2D eigenvalue weighted by Gasteiger charge is 2.22. The van der Waals surface area contributed by atoms with Gasteiger partial charge in [-0.1, -0.05) is 18.2 Å². The molecule has 0 spiro atoms. The molecular formula is C26H29Cl2N5O. The molecule has 178 valence electrons. The molecule has 0 atom stereocenters. The van der Waals surface area contributed by atoms with Crippen LogP contribution in [0.2, 0.25) is 0 Å². The summed E-state index contributed by atoms with van der Waals surface area (Å²) >= 11 is 0. The average molecular weight is 498 g/mol. The minimum atomic E-state index is 0. The van der Waals surface area contributed by atoms with Gasteiger partial charge < -0.3 is 9.64 Å². The van der Waals surface area contributed by atoms with Gasteiger partial charge in [-0.2, -0.15) is 0 Å². The Kier molecular flexibility index (Phi) is 7.31. The van der Waals surface area contributed by atoms with E-state index in [1.54, 1.807) is 0 Å². The van der Waals surface area contributed by atoms with E-state index in [0.717, 1.165) is 67.6 Å². The van der Waals surface area contributed by atoms with E-state index in [4.69, 9.17) is 9.72 Å². The number of anilines is 1. The monoisotopic (exact) mass is 497 g/mol. The number of para-hydroxylation sites is 1. The van der Waals surface area contributed by atoms with Crippen LogP contribution in [0.5, 0.6) is 5.75 Å². The summed E-state index contributed by atoms with van der Waals surface area (Å²) in [6.07, 6.45) is 4.85. The quantitative estimate of drug-likeness (QED) is 0.404. The summed E-state index contributed by atoms with van der Waals surface area (Å²) in [4.78, 5) is 14.1. The van der Waals surface area contributed by atoms with E-state index in [-0.39, 0.29) is 24.8 Å². The van der Waals surface area contributed by atoms with Crippen molar-refractivity contribution in [3.05, 3.63) is 78.0 Å². The Morgan fingerprint density at radius 2 is 1.71 bits per heavy atom. The van der Waals surface area contributed by atoms with E-state index >= 15 is 0 Å². The van der Waals surface area contributed by atoms with Gasteiger partial charge in [-0.05, 0) is 49.2 Å². The first-order valence-electron chi connectivity index (χ1n) is 11.4. The number of nitrogens with zero attached hydrogens (tertiary/aromatic N) is 5. The summed E-state index contributed by atoms with van der Waals surface area (Å²) in [6.45, 7) is 7.84. The number of aromatic nitrogens is 3. The summed E-state index contributed by atoms with van der Waals surface area (Å²) in [7, 11) is 0. The normalized spacial score (nSPS) is 15.0. The number of aryl methyl sites for hydroxylation is 1. The number of benzene rings is 2. The molecule has 2 aliphatic heterocycles. The number of imidazole rings is 1. The largest absolute Gasteiger partial charge is 0.483 e. The lowest BCUT2D eigenvalue weighted by atomic mass is 10.1. The molecule has 6 rings (SSSR count). The fraction of sp³-hybridized carbons (Fsp3) is 0.308. The van der Waals surface area contributed by atoms with Crippen LogP contribution < -0.4 is 9.64 Å². The van der Waals surface area contributed by atoms with Crippen LogP contribution in [-0.2, 0) is 13.0 Å². The van der Waals surface area contributed by atoms with Crippen molar-refractivity contribution in [1.29, 1.82) is 0 Å². The zero-order valence-electron chi connectivity index (χ0n) is 19.2. The van der Waals surface area contributed by atoms with E-state index in [0.29, 0.717) is 6.61 Å². The van der Waals surface area contributed by atoms with Gasteiger partial charge in [0.2, 0.25) is 0 Å². The first kappa shape index (κ1) is 24.3. The topological polar surface area (TPSA) is 46.4 Å². The maximum absolute atomic E-state index is 6.09. The van der Waals surface area contributed by atoms with Gasteiger partial charge in [-0.15, -0.1) is 24.8 Å². The number of halogens is 2. The smallest absolute Gasteiger partial charge is 0.151 e. The third-order valence-corrected chi connectivity index (χ3v) is 6.66. The van der Waals surface area contributed by atoms with Crippen LogP contribution in [0.1, 0.15) is 17.1 Å². The van der Waals surface area contributed by atoms with Gasteiger partial charge in [-0.3, -0.25) is 14.5 Å². The number of hydrogen-bond acceptors (Lipinski definition) is 5. The van der Waals surface area contributed by atoms with E-state index in [9.17, 15) is 0 Å². The number of piperazine rings is 1. The number of ether oxygens (including phenoxy) is 1. The molecule has 0 N–H and O–H groups in total. The highest BCUT2D eigenvalue weighted by atomic mass is 35.5. The molecule has 4 aromatic rings. The maximum atomic E-state index is 6.09. The van der Waals surface area contributed by atoms with Gasteiger partial charge in [-0.25, -0.2) is 4.98 Å². The van der Waals surface area contributed by atoms with Crippen molar-refractivity contribution < 1.29 is 4.74 Å². The number of fused-ring (bicyclic) bond motifs is 4. The van der Waals surface area contributed by atoms with Gasteiger partial charge >= 0.3 is 0 Å². The van der Waals surface area contributed by atoms with Crippen LogP contribution in [0.15, 0.2) is 60.9 Å². The molecule has 8 heteroatoms. The van der Waals surface area contributed by atoms with E-state index in [1.165, 1.54) is 16.6 Å². The maximum Gasteiger partial charge on any atom is 0.151 e. The van der Waals surface area contributed by atoms with Gasteiger partial charge in [0.25, 0.3) is 0 Å². The third kappa shape index (κ3) is 4.45. The Hall–Kier alpha value is -2.80. The van der Waals surface area contributed by atoms with Crippen LogP contribution in [0.3, 0.4) is 0 Å². The summed E-state index contributed by atoms with van der Waals surface area (Å²) < 4.78 is 8.23. The molecule has 0 saturated carbocycles. The highest BCUT2D eigenvalue weighted by Crippen LogP contribution is 2.33. The molecule has 2 aromatic carbocycles. The molecule has 2 aromatic heterocycles. The number of pyridine rings is 1. The SMILES string of the molecule is Cc1ccc2c(N3CCN(CCc4cccc5c4OCc4nccn4-5)CC3)cccc2n1.Cl.Cl. The predicted molar refractivity (Wildman–Crippen MR) is 141 cm³/mol. The van der Waals surface area contributed by atoms with Gasteiger partial charge in [0.1, 0.15) is 12.4 Å². The Morgan fingerprint density at radius 3 is 2.56 bits per heavy atom. The molecule has 34 heavy (non-hydrogen) atoms. The predicted octanol–water partition coefficient (Wildman–Crippen LogP) is 4.83. The van der Waals surface area contributed by atoms with E-state index in [1.807, 2.05) is 19.3 Å². The van der Waals surface area contributed by atoms with Gasteiger partial charge in [0.05, 0.1) is 11.2 Å². The Balaban J connectivity index is 0.00000137. The summed E-state index contributed by atoms with van der Waals surface area (Å²) in [5.41, 5.74) is 5.83. The zero-order chi connectivity index (χ0) is 21.5. The molecular weight excluding hydrogens is 469 g/mol. The van der Waals surface area contributed by atoms with Crippen LogP contribution in [0.4, 0.5) is 5.69 Å². The summed E-state index contributed by atoms with van der Waals surface area (Å²) in [5.74, 6) is 1.97. The van der Waals surface area contributed by atoms with E-state index in [2.05, 4.69) is 67.9 Å². The molecule has 1 saturated heterocycles. The fourth-order valence-corrected chi connectivity index (χ4v) is 4.93. The molecule has 1 fully saturated rings. The van der Waals surface area contributed by atoms with Crippen molar-refractivity contribution in [2.24, 2.45) is 0 Å². The lowest BCUT2D eigenvalue weighted by Crippen LogP contribution is -2.47. The Bertz CT molecular complexity index is 1280. The second-order valence-corrected chi connectivity index (χ2v) is 8.64. The average Bonchev–Trinajstić information content (AvgIpc) is 3.32. The lowest BCUT2D eigenvalue weighted by molar-refractivity contribution is 0.254. The van der Waals surface area contributed by atoms with Crippen LogP contribution in [0.25, 0.3) is 16.6 Å². The van der Waals surface area contributed by atoms with Crippen LogP contribution in [0, 0.1) is 6.92 Å². The molecule has 6 nitrogen and oxygen atoms in total. The first-order chi connectivity index (χ1) is 15.8. The standard InChI is InChI=1S/C26H27N5O.2ClH/c1-19-8-9-21-22(28-19)5-3-6-23(21)30-16-14-29(15-17-30)12-10-20-4-2-7-24-26(20)32-18-25-27-11-13-31(24)25;;/h2-9,11,13H,10,12,14-18H2,1H3;2*1H. The summed E-state index contributed by atoms with van der Waals surface area (Å²) in [6, 6.07) is 17.2. The fourth-order valence-electron chi connectivity index (χ4n) is 4.93. The second-order valence-electron chi connectivity index (χ2n) is 8.64. The molecule has 4 heterocycles. The van der Waals surface area contributed by atoms with Crippen LogP contribution in [-0.4, -0.2) is 52.2 Å². The molecule has 2 aliphatic rings. The molecule has 0 radical (unpaired) electrons. The third-order valence-electron chi connectivity index (χ3n) is 6.66. The minimum Gasteiger partial charge on any atom is -0.483 e. The Labute approximate surface area is 212 Å². The molecule has 0 bridgehead atoms. The molecule has 0 aliphatic carbocycles. The zero-order valence-corrected chi connectivity index (χ0v) is 20.8. The summed E-state index contributed by atoms with van der Waals surface area (Å²) in [5, 5.41) is 1.25. The van der Waals surface area contributed by atoms with Crippen molar-refractivity contribution >= 4 is 41.4 Å². The minimum absolute atomic E-state index is 0. The second kappa shape index (κ2) is 10.2. The van der Waals surface area contributed by atoms with Gasteiger partial charge in [0.15, 0.2) is 5.82 Å². The molecule has 0 amide bonds. The van der Waals surface area contributed by atoms with Crippen molar-refractivity contribution in [1.82, 2.24) is 19.4 Å². The number of rotatable bonds is 4. The van der Waals surface area contributed by atoms with Crippen molar-refractivity contribution in [2.45, 2.75) is 20.0 Å². The first-order valence-corrected chi connectivity index (χ1v) is 11.4. The Morgan fingerprint density at radius 1 is 0.912 bits per heavy atom. The lowest BCUT2D eigenvalue weighted by Gasteiger charge is -2.36. The van der Waals surface area contributed by atoms with Crippen LogP contribution >= 0.6 is 24.8 Å². The van der Waals surface area contributed by atoms with Crippen molar-refractivity contribution in [3.8, 4) is 11.4 Å². The van der Waals surface area contributed by atoms with Crippen molar-refractivity contribution in [3.63, 3.8) is 0 Å². The van der Waals surface area contributed by atoms with Gasteiger partial charge in [0, 0.05) is 61.9 Å². The van der Waals surface area contributed by atoms with Crippen molar-refractivity contribution in [2.75, 3.05) is 37.6 Å². The molecule has 0 unspecified atom stereocenters. The highest BCUT2D eigenvalue weighted by molar-refractivity contribution is 5.92. The number of hydrogen-bond donors (Lipinski definition) is 0. The van der Waals surface area contributed by atoms with E-state index < -0.39 is 0 Å².